The molecular weight excluding hydrogens is 242 g/mol. The van der Waals surface area contributed by atoms with Gasteiger partial charge in [0.2, 0.25) is 0 Å². The molecule has 2 rings (SSSR count). The van der Waals surface area contributed by atoms with E-state index in [1.165, 1.54) is 41.3 Å². The van der Waals surface area contributed by atoms with Crippen molar-refractivity contribution >= 4 is 11.3 Å². The molecule has 1 atom stereocenters. The third-order valence-electron chi connectivity index (χ3n) is 3.41. The zero-order valence-corrected chi connectivity index (χ0v) is 12.6. The van der Waals surface area contributed by atoms with E-state index < -0.39 is 0 Å². The first-order chi connectivity index (χ1) is 8.70. The van der Waals surface area contributed by atoms with E-state index in [0.717, 1.165) is 19.5 Å². The highest BCUT2D eigenvalue weighted by Crippen LogP contribution is 2.34. The van der Waals surface area contributed by atoms with Crippen LogP contribution in [0.4, 0.5) is 0 Å². The van der Waals surface area contributed by atoms with Gasteiger partial charge >= 0.3 is 0 Å². The molecule has 0 aromatic carbocycles. The fraction of sp³-hybridized carbons (Fsp3) is 0.786. The van der Waals surface area contributed by atoms with Gasteiger partial charge in [0.15, 0.2) is 0 Å². The molecule has 1 aromatic rings. The normalized spacial score (nSPS) is 19.2. The zero-order chi connectivity index (χ0) is 13.0. The standard InChI is InChI=1S/C14H25N3S/c1-4-9-15-11-6-5-7-12-14(11)18-13(16-12)8-10-17(2)3/h11,15H,4-10H2,1-3H3. The van der Waals surface area contributed by atoms with Crippen molar-refractivity contribution in [2.24, 2.45) is 0 Å². The van der Waals surface area contributed by atoms with E-state index in [1.807, 2.05) is 11.3 Å². The molecule has 0 amide bonds. The van der Waals surface area contributed by atoms with E-state index in [9.17, 15) is 0 Å². The molecule has 0 saturated heterocycles. The molecule has 0 aliphatic heterocycles. The topological polar surface area (TPSA) is 28.2 Å². The van der Waals surface area contributed by atoms with Crippen molar-refractivity contribution in [3.05, 3.63) is 15.6 Å². The van der Waals surface area contributed by atoms with Crippen LogP contribution in [0.25, 0.3) is 0 Å². The average Bonchev–Trinajstić information content (AvgIpc) is 2.77. The number of thiazole rings is 1. The van der Waals surface area contributed by atoms with E-state index in [-0.39, 0.29) is 0 Å². The zero-order valence-electron chi connectivity index (χ0n) is 11.8. The predicted octanol–water partition coefficient (Wildman–Crippen LogP) is 2.62. The number of rotatable bonds is 6. The number of aryl methyl sites for hydroxylation is 1. The molecule has 1 heterocycles. The second kappa shape index (κ2) is 6.64. The minimum absolute atomic E-state index is 0.569. The van der Waals surface area contributed by atoms with Gasteiger partial charge in [0, 0.05) is 23.9 Å². The Kier molecular flexibility index (Phi) is 5.15. The summed E-state index contributed by atoms with van der Waals surface area (Å²) in [5, 5.41) is 4.98. The molecule has 0 saturated carbocycles. The van der Waals surface area contributed by atoms with E-state index in [2.05, 4.69) is 31.2 Å². The van der Waals surface area contributed by atoms with Gasteiger partial charge in [-0.05, 0) is 46.3 Å². The number of aromatic nitrogens is 1. The molecular formula is C14H25N3S. The highest BCUT2D eigenvalue weighted by atomic mass is 32.1. The quantitative estimate of drug-likeness (QED) is 0.859. The number of nitrogens with one attached hydrogen (secondary N) is 1. The molecule has 0 radical (unpaired) electrons. The van der Waals surface area contributed by atoms with Crippen molar-refractivity contribution in [3.63, 3.8) is 0 Å². The molecule has 0 spiro atoms. The van der Waals surface area contributed by atoms with Crippen LogP contribution in [0.3, 0.4) is 0 Å². The lowest BCUT2D eigenvalue weighted by Crippen LogP contribution is -2.24. The summed E-state index contributed by atoms with van der Waals surface area (Å²) >= 11 is 1.94. The Labute approximate surface area is 115 Å². The van der Waals surface area contributed by atoms with Gasteiger partial charge in [-0.1, -0.05) is 6.92 Å². The summed E-state index contributed by atoms with van der Waals surface area (Å²) in [5.74, 6) is 0. The molecule has 1 unspecified atom stereocenters. The fourth-order valence-corrected chi connectivity index (χ4v) is 3.62. The number of likely N-dealkylation sites (N-methyl/N-ethyl adjacent to an activating group) is 1. The largest absolute Gasteiger partial charge is 0.309 e. The maximum absolute atomic E-state index is 4.83. The van der Waals surface area contributed by atoms with Crippen LogP contribution < -0.4 is 5.32 Å². The number of fused-ring (bicyclic) bond motifs is 1. The summed E-state index contributed by atoms with van der Waals surface area (Å²) in [6, 6.07) is 0.569. The average molecular weight is 267 g/mol. The lowest BCUT2D eigenvalue weighted by atomic mass is 9.98. The van der Waals surface area contributed by atoms with Crippen LogP contribution >= 0.6 is 11.3 Å². The van der Waals surface area contributed by atoms with Gasteiger partial charge in [-0.2, -0.15) is 0 Å². The molecule has 1 aliphatic rings. The Morgan fingerprint density at radius 1 is 1.44 bits per heavy atom. The van der Waals surface area contributed by atoms with Crippen molar-refractivity contribution < 1.29 is 0 Å². The first-order valence-corrected chi connectivity index (χ1v) is 7.89. The summed E-state index contributed by atoms with van der Waals surface area (Å²) < 4.78 is 0. The summed E-state index contributed by atoms with van der Waals surface area (Å²) in [6.07, 6.45) is 6.04. The van der Waals surface area contributed by atoms with Crippen molar-refractivity contribution in [2.45, 2.75) is 45.1 Å². The minimum Gasteiger partial charge on any atom is -0.309 e. The summed E-state index contributed by atoms with van der Waals surface area (Å²) in [7, 11) is 4.25. The Morgan fingerprint density at radius 2 is 2.28 bits per heavy atom. The molecule has 0 fully saturated rings. The highest BCUT2D eigenvalue weighted by molar-refractivity contribution is 7.11. The van der Waals surface area contributed by atoms with Crippen LogP contribution in [-0.2, 0) is 12.8 Å². The highest BCUT2D eigenvalue weighted by Gasteiger charge is 2.23. The van der Waals surface area contributed by atoms with Crippen molar-refractivity contribution in [2.75, 3.05) is 27.2 Å². The smallest absolute Gasteiger partial charge is 0.0944 e. The van der Waals surface area contributed by atoms with Crippen LogP contribution in [0.15, 0.2) is 0 Å². The summed E-state index contributed by atoms with van der Waals surface area (Å²) in [5.41, 5.74) is 1.37. The third kappa shape index (κ3) is 3.53. The monoisotopic (exact) mass is 267 g/mol. The molecule has 18 heavy (non-hydrogen) atoms. The molecule has 3 nitrogen and oxygen atoms in total. The van der Waals surface area contributed by atoms with E-state index in [1.54, 1.807) is 0 Å². The van der Waals surface area contributed by atoms with Gasteiger partial charge in [-0.25, -0.2) is 4.98 Å². The van der Waals surface area contributed by atoms with Crippen LogP contribution in [-0.4, -0.2) is 37.1 Å². The maximum atomic E-state index is 4.83. The Balaban J connectivity index is 2.03. The second-order valence-electron chi connectivity index (χ2n) is 5.37. The number of nitrogens with zero attached hydrogens (tertiary/aromatic N) is 2. The Hall–Kier alpha value is -0.450. The lowest BCUT2D eigenvalue weighted by Gasteiger charge is -2.22. The van der Waals surface area contributed by atoms with E-state index in [0.29, 0.717) is 6.04 Å². The van der Waals surface area contributed by atoms with Gasteiger partial charge in [-0.15, -0.1) is 11.3 Å². The SMILES string of the molecule is CCCNC1CCCc2nc(CCN(C)C)sc21. The Bertz CT molecular complexity index is 373. The maximum Gasteiger partial charge on any atom is 0.0944 e. The van der Waals surface area contributed by atoms with Crippen LogP contribution in [0.2, 0.25) is 0 Å². The van der Waals surface area contributed by atoms with Crippen molar-refractivity contribution in [3.8, 4) is 0 Å². The third-order valence-corrected chi connectivity index (χ3v) is 4.68. The van der Waals surface area contributed by atoms with Gasteiger partial charge < -0.3 is 10.2 Å². The van der Waals surface area contributed by atoms with Crippen LogP contribution in [0, 0.1) is 0 Å². The number of hydrogen-bond acceptors (Lipinski definition) is 4. The van der Waals surface area contributed by atoms with E-state index in [4.69, 9.17) is 4.98 Å². The molecule has 4 heteroatoms. The van der Waals surface area contributed by atoms with Crippen molar-refractivity contribution in [1.29, 1.82) is 0 Å². The molecule has 1 N–H and O–H groups in total. The molecule has 1 aliphatic carbocycles. The number of hydrogen-bond donors (Lipinski definition) is 1. The first-order valence-electron chi connectivity index (χ1n) is 7.07. The minimum atomic E-state index is 0.569. The van der Waals surface area contributed by atoms with E-state index >= 15 is 0 Å². The lowest BCUT2D eigenvalue weighted by molar-refractivity contribution is 0.413. The van der Waals surface area contributed by atoms with Crippen molar-refractivity contribution in [1.82, 2.24) is 15.2 Å². The van der Waals surface area contributed by atoms with Gasteiger partial charge in [0.05, 0.1) is 10.7 Å². The fourth-order valence-electron chi connectivity index (χ4n) is 2.41. The van der Waals surface area contributed by atoms with Crippen LogP contribution in [0.1, 0.15) is 47.8 Å². The summed E-state index contributed by atoms with van der Waals surface area (Å²) in [6.45, 7) is 4.44. The van der Waals surface area contributed by atoms with Gasteiger partial charge in [0.1, 0.15) is 0 Å². The summed E-state index contributed by atoms with van der Waals surface area (Å²) in [4.78, 5) is 8.58. The molecule has 102 valence electrons. The molecule has 0 bridgehead atoms. The second-order valence-corrected chi connectivity index (χ2v) is 6.49. The first kappa shape index (κ1) is 14.0. The van der Waals surface area contributed by atoms with Crippen LogP contribution in [0.5, 0.6) is 0 Å². The van der Waals surface area contributed by atoms with Gasteiger partial charge in [-0.3, -0.25) is 0 Å². The Morgan fingerprint density at radius 3 is 3.00 bits per heavy atom. The molecule has 1 aromatic heterocycles. The van der Waals surface area contributed by atoms with Gasteiger partial charge in [0.25, 0.3) is 0 Å². The predicted molar refractivity (Wildman–Crippen MR) is 78.3 cm³/mol.